The second-order valence-electron chi connectivity index (χ2n) is 3.40. The number of hydrogen-bond donors (Lipinski definition) is 0. The number of fused-ring (bicyclic) bond motifs is 2. The van der Waals surface area contributed by atoms with Crippen molar-refractivity contribution in [2.75, 3.05) is 7.11 Å². The molecule has 0 radical (unpaired) electrons. The van der Waals surface area contributed by atoms with Crippen LogP contribution in [0.1, 0.15) is 25.7 Å². The smallest absolute Gasteiger partial charge is 0.0985 e. The maximum atomic E-state index is 5.19. The quantitative estimate of drug-likeness (QED) is 0.432. The fraction of sp³-hybridized carbons (Fsp3) is 1.00. The summed E-state index contributed by atoms with van der Waals surface area (Å²) >= 11 is 0. The Kier molecular flexibility index (Phi) is 1.66. The van der Waals surface area contributed by atoms with Gasteiger partial charge in [0.25, 0.3) is 0 Å². The predicted molar refractivity (Wildman–Crippen MR) is 37.3 cm³/mol. The van der Waals surface area contributed by atoms with Crippen molar-refractivity contribution in [3.05, 3.63) is 0 Å². The molecule has 0 atom stereocenters. The van der Waals surface area contributed by atoms with Crippen LogP contribution in [-0.2, 0) is 9.78 Å². The summed E-state index contributed by atoms with van der Waals surface area (Å²) < 4.78 is 0. The Morgan fingerprint density at radius 3 is 1.90 bits per heavy atom. The van der Waals surface area contributed by atoms with Gasteiger partial charge in [0.15, 0.2) is 0 Å². The minimum atomic E-state index is 0.435. The lowest BCUT2D eigenvalue weighted by Crippen LogP contribution is -2.17. The van der Waals surface area contributed by atoms with Gasteiger partial charge < -0.3 is 0 Å². The molecule has 0 heterocycles. The molecule has 58 valence electrons. The van der Waals surface area contributed by atoms with Crippen LogP contribution >= 0.6 is 0 Å². The normalized spacial score (nSPS) is 44.7. The van der Waals surface area contributed by atoms with Gasteiger partial charge in [-0.05, 0) is 37.5 Å². The van der Waals surface area contributed by atoms with Crippen LogP contribution in [-0.4, -0.2) is 13.2 Å². The Bertz CT molecular complexity index is 104. The van der Waals surface area contributed by atoms with Crippen LogP contribution in [0.4, 0.5) is 0 Å². The van der Waals surface area contributed by atoms with Crippen LogP contribution in [0.15, 0.2) is 0 Å². The van der Waals surface area contributed by atoms with Crippen LogP contribution in [0.25, 0.3) is 0 Å². The summed E-state index contributed by atoms with van der Waals surface area (Å²) in [5.41, 5.74) is 0. The molecule has 2 fully saturated rings. The molecule has 2 aliphatic carbocycles. The first-order chi connectivity index (χ1) is 4.92. The minimum absolute atomic E-state index is 0.435. The lowest BCUT2D eigenvalue weighted by Gasteiger charge is -2.12. The monoisotopic (exact) mass is 142 g/mol. The van der Waals surface area contributed by atoms with Gasteiger partial charge in [-0.1, -0.05) is 0 Å². The lowest BCUT2D eigenvalue weighted by molar-refractivity contribution is -0.313. The zero-order chi connectivity index (χ0) is 6.97. The zero-order valence-electron chi connectivity index (χ0n) is 6.38. The van der Waals surface area contributed by atoms with E-state index >= 15 is 0 Å². The van der Waals surface area contributed by atoms with Crippen LogP contribution in [0, 0.1) is 11.8 Å². The van der Waals surface area contributed by atoms with Crippen LogP contribution in [0.2, 0.25) is 0 Å². The van der Waals surface area contributed by atoms with Crippen LogP contribution in [0.5, 0.6) is 0 Å². The van der Waals surface area contributed by atoms with Gasteiger partial charge in [0.1, 0.15) is 0 Å². The molecule has 2 nitrogen and oxygen atoms in total. The summed E-state index contributed by atoms with van der Waals surface area (Å²) in [6, 6.07) is 0. The average molecular weight is 142 g/mol. The molecule has 0 N–H and O–H groups in total. The van der Waals surface area contributed by atoms with Crippen LogP contribution < -0.4 is 0 Å². The van der Waals surface area contributed by atoms with E-state index in [0.29, 0.717) is 6.10 Å². The summed E-state index contributed by atoms with van der Waals surface area (Å²) in [6.45, 7) is 0. The van der Waals surface area contributed by atoms with Crippen molar-refractivity contribution in [3.8, 4) is 0 Å². The first-order valence-electron chi connectivity index (χ1n) is 4.11. The second kappa shape index (κ2) is 2.51. The minimum Gasteiger partial charge on any atom is -0.240 e. The third-order valence-corrected chi connectivity index (χ3v) is 2.95. The number of hydrogen-bond acceptors (Lipinski definition) is 2. The predicted octanol–water partition coefficient (Wildman–Crippen LogP) is 1.75. The van der Waals surface area contributed by atoms with E-state index in [1.165, 1.54) is 25.7 Å². The van der Waals surface area contributed by atoms with Gasteiger partial charge >= 0.3 is 0 Å². The Hall–Kier alpha value is -0.0800. The van der Waals surface area contributed by atoms with Gasteiger partial charge in [-0.15, -0.1) is 0 Å². The van der Waals surface area contributed by atoms with Crippen molar-refractivity contribution in [3.63, 3.8) is 0 Å². The SMILES string of the molecule is COOC1C2CCC1CC2. The molecule has 0 amide bonds. The standard InChI is InChI=1S/C8H14O2/c1-9-10-8-6-2-3-7(8)5-4-6/h6-8H,2-5H2,1H3. The van der Waals surface area contributed by atoms with E-state index in [1.54, 1.807) is 7.11 Å². The van der Waals surface area contributed by atoms with Gasteiger partial charge in [0.05, 0.1) is 13.2 Å². The van der Waals surface area contributed by atoms with Crippen molar-refractivity contribution in [1.82, 2.24) is 0 Å². The van der Waals surface area contributed by atoms with Crippen LogP contribution in [0.3, 0.4) is 0 Å². The van der Waals surface area contributed by atoms with Crippen molar-refractivity contribution in [2.24, 2.45) is 11.8 Å². The fourth-order valence-corrected chi connectivity index (χ4v) is 2.46. The van der Waals surface area contributed by atoms with E-state index in [2.05, 4.69) is 0 Å². The highest BCUT2D eigenvalue weighted by Gasteiger charge is 2.43. The van der Waals surface area contributed by atoms with Crippen molar-refractivity contribution < 1.29 is 9.78 Å². The Labute approximate surface area is 61.4 Å². The maximum Gasteiger partial charge on any atom is 0.0985 e. The first-order valence-corrected chi connectivity index (χ1v) is 4.11. The second-order valence-corrected chi connectivity index (χ2v) is 3.40. The van der Waals surface area contributed by atoms with Crippen molar-refractivity contribution >= 4 is 0 Å². The van der Waals surface area contributed by atoms with E-state index in [4.69, 9.17) is 9.78 Å². The largest absolute Gasteiger partial charge is 0.240 e. The molecule has 2 saturated carbocycles. The molecule has 0 saturated heterocycles. The van der Waals surface area contributed by atoms with Crippen molar-refractivity contribution in [1.29, 1.82) is 0 Å². The van der Waals surface area contributed by atoms with E-state index in [1.807, 2.05) is 0 Å². The molecule has 0 aromatic heterocycles. The average Bonchev–Trinajstić information content (AvgIpc) is 2.50. The molecular weight excluding hydrogens is 128 g/mol. The number of rotatable bonds is 2. The van der Waals surface area contributed by atoms with E-state index in [0.717, 1.165) is 11.8 Å². The summed E-state index contributed by atoms with van der Waals surface area (Å²) in [5, 5.41) is 0. The lowest BCUT2D eigenvalue weighted by atomic mass is 10.0. The molecule has 0 spiro atoms. The van der Waals surface area contributed by atoms with Gasteiger partial charge in [0.2, 0.25) is 0 Å². The van der Waals surface area contributed by atoms with E-state index < -0.39 is 0 Å². The molecule has 2 heteroatoms. The molecule has 0 aliphatic heterocycles. The molecule has 2 bridgehead atoms. The van der Waals surface area contributed by atoms with Gasteiger partial charge in [-0.25, -0.2) is 9.78 Å². The highest BCUT2D eigenvalue weighted by Crippen LogP contribution is 2.46. The van der Waals surface area contributed by atoms with Gasteiger partial charge in [-0.3, -0.25) is 0 Å². The first kappa shape index (κ1) is 6.62. The van der Waals surface area contributed by atoms with E-state index in [-0.39, 0.29) is 0 Å². The molecule has 2 aliphatic rings. The summed E-state index contributed by atoms with van der Waals surface area (Å²) in [7, 11) is 1.61. The Morgan fingerprint density at radius 2 is 1.50 bits per heavy atom. The molecule has 10 heavy (non-hydrogen) atoms. The Morgan fingerprint density at radius 1 is 1.00 bits per heavy atom. The summed E-state index contributed by atoms with van der Waals surface area (Å²) in [4.78, 5) is 9.90. The zero-order valence-corrected chi connectivity index (χ0v) is 6.38. The van der Waals surface area contributed by atoms with Gasteiger partial charge in [-0.2, -0.15) is 0 Å². The molecular formula is C8H14O2. The van der Waals surface area contributed by atoms with E-state index in [9.17, 15) is 0 Å². The third-order valence-electron chi connectivity index (χ3n) is 2.95. The summed E-state index contributed by atoms with van der Waals surface area (Å²) in [5.74, 6) is 1.62. The maximum absolute atomic E-state index is 5.19. The summed E-state index contributed by atoms with van der Waals surface area (Å²) in [6.07, 6.45) is 5.87. The van der Waals surface area contributed by atoms with Crippen molar-refractivity contribution in [2.45, 2.75) is 31.8 Å². The fourth-order valence-electron chi connectivity index (χ4n) is 2.46. The molecule has 0 aromatic rings. The molecule has 0 unspecified atom stereocenters. The molecule has 0 aromatic carbocycles. The highest BCUT2D eigenvalue weighted by atomic mass is 17.2. The molecule has 2 rings (SSSR count). The topological polar surface area (TPSA) is 18.5 Å². The Balaban J connectivity index is 1.96. The van der Waals surface area contributed by atoms with Gasteiger partial charge in [0, 0.05) is 0 Å². The third kappa shape index (κ3) is 0.867. The highest BCUT2D eigenvalue weighted by molar-refractivity contribution is 4.91.